The van der Waals surface area contributed by atoms with Crippen molar-refractivity contribution in [1.29, 1.82) is 0 Å². The number of nitrogens with zero attached hydrogens (tertiary/aromatic N) is 6. The molecule has 0 aliphatic carbocycles. The van der Waals surface area contributed by atoms with Crippen LogP contribution in [-0.2, 0) is 11.3 Å². The largest absolute Gasteiger partial charge is 0.479 e. The number of imidazole rings is 1. The molecule has 0 spiro atoms. The predicted octanol–water partition coefficient (Wildman–Crippen LogP) is 3.74. The number of aromatic nitrogens is 5. The zero-order chi connectivity index (χ0) is 30.1. The van der Waals surface area contributed by atoms with E-state index < -0.39 is 67.5 Å². The number of ether oxygens (including phenoxy) is 2. The monoisotopic (exact) mass is 558 g/mol. The van der Waals surface area contributed by atoms with E-state index in [9.17, 15) is 17.6 Å². The van der Waals surface area contributed by atoms with E-state index in [0.717, 1.165) is 21.3 Å². The van der Waals surface area contributed by atoms with Crippen molar-refractivity contribution < 1.29 is 39.9 Å². The van der Waals surface area contributed by atoms with Crippen LogP contribution in [0, 0.1) is 18.6 Å². The standard InChI is InChI=1S/C24H23F6N7O2/c1-11-31-20-14(25)3-12(4-16(20)36(11)7-18(27)28)19-15(26)5-37-21(19)22(38-2)33-23(34-37)32-17-6-35(10-24(17,29)30)13-8-39-9-13/h3-5,13,17-18H,6-10H2,1-2H3,(H,32,34)/i2D3. The first kappa shape index (κ1) is 22.2. The lowest BCUT2D eigenvalue weighted by molar-refractivity contribution is -0.0711. The summed E-state index contributed by atoms with van der Waals surface area (Å²) in [6.07, 6.45) is -1.97. The molecule has 208 valence electrons. The summed E-state index contributed by atoms with van der Waals surface area (Å²) in [6.45, 7) is 0.621. The average molecular weight is 559 g/mol. The van der Waals surface area contributed by atoms with Gasteiger partial charge in [-0.25, -0.2) is 35.8 Å². The van der Waals surface area contributed by atoms with Gasteiger partial charge in [0, 0.05) is 6.54 Å². The number of hydrogen-bond donors (Lipinski definition) is 1. The highest BCUT2D eigenvalue weighted by molar-refractivity contribution is 5.90. The molecule has 2 aliphatic rings. The Labute approximate surface area is 221 Å². The van der Waals surface area contributed by atoms with E-state index in [1.807, 2.05) is 0 Å². The Balaban J connectivity index is 1.45. The van der Waals surface area contributed by atoms with Crippen molar-refractivity contribution in [2.24, 2.45) is 0 Å². The maximum Gasteiger partial charge on any atom is 0.281 e. The molecule has 39 heavy (non-hydrogen) atoms. The van der Waals surface area contributed by atoms with Gasteiger partial charge in [0.15, 0.2) is 11.6 Å². The number of nitrogens with one attached hydrogen (secondary N) is 1. The molecule has 0 amide bonds. The molecule has 5 heterocycles. The van der Waals surface area contributed by atoms with Crippen LogP contribution in [0.1, 0.15) is 9.94 Å². The molecule has 4 aromatic rings. The molecule has 1 unspecified atom stereocenters. The molecular weight excluding hydrogens is 532 g/mol. The van der Waals surface area contributed by atoms with Gasteiger partial charge in [0.1, 0.15) is 22.9 Å². The summed E-state index contributed by atoms with van der Waals surface area (Å²) in [5.74, 6) is -6.24. The van der Waals surface area contributed by atoms with Crippen LogP contribution in [0.2, 0.25) is 0 Å². The van der Waals surface area contributed by atoms with Crippen LogP contribution in [-0.4, -0.2) is 86.8 Å². The molecule has 6 rings (SSSR count). The number of fused-ring (bicyclic) bond motifs is 2. The molecule has 2 fully saturated rings. The van der Waals surface area contributed by atoms with Crippen molar-refractivity contribution in [2.45, 2.75) is 37.9 Å². The number of benzene rings is 1. The van der Waals surface area contributed by atoms with Gasteiger partial charge in [-0.15, -0.1) is 5.10 Å². The summed E-state index contributed by atoms with van der Waals surface area (Å²) in [7, 11) is -3.11. The average Bonchev–Trinajstić information content (AvgIpc) is 3.42. The first-order chi connectivity index (χ1) is 19.7. The third kappa shape index (κ3) is 4.33. The minimum atomic E-state index is -3.21. The molecule has 0 saturated carbocycles. The highest BCUT2D eigenvalue weighted by atomic mass is 19.3. The third-order valence-corrected chi connectivity index (χ3v) is 7.04. The smallest absolute Gasteiger partial charge is 0.281 e. The van der Waals surface area contributed by atoms with Gasteiger partial charge in [-0.2, -0.15) is 4.98 Å². The number of aryl methyl sites for hydroxylation is 1. The number of alkyl halides is 4. The van der Waals surface area contributed by atoms with Gasteiger partial charge in [0.25, 0.3) is 12.3 Å². The van der Waals surface area contributed by atoms with E-state index in [2.05, 4.69) is 20.4 Å². The first-order valence-electron chi connectivity index (χ1n) is 13.4. The molecule has 2 saturated heterocycles. The van der Waals surface area contributed by atoms with E-state index in [0.29, 0.717) is 13.2 Å². The minimum absolute atomic E-state index is 0.0519. The maximum atomic E-state index is 15.5. The van der Waals surface area contributed by atoms with Gasteiger partial charge >= 0.3 is 0 Å². The minimum Gasteiger partial charge on any atom is -0.479 e. The molecule has 1 atom stereocenters. The van der Waals surface area contributed by atoms with Gasteiger partial charge in [0.2, 0.25) is 11.8 Å². The lowest BCUT2D eigenvalue weighted by Gasteiger charge is -2.34. The Morgan fingerprint density at radius 1 is 1.23 bits per heavy atom. The SMILES string of the molecule is [2H]C([2H])([2H])Oc1nc(NC2CN(C3COC3)CC2(F)F)nn2cc(F)c(-c3cc(F)c4nc(C)n(CC(F)F)c4c3)c12. The summed E-state index contributed by atoms with van der Waals surface area (Å²) in [4.78, 5) is 9.53. The Morgan fingerprint density at radius 2 is 2.03 bits per heavy atom. The van der Waals surface area contributed by atoms with E-state index in [4.69, 9.17) is 13.6 Å². The van der Waals surface area contributed by atoms with Crippen molar-refractivity contribution in [2.75, 3.05) is 38.7 Å². The van der Waals surface area contributed by atoms with Crippen LogP contribution < -0.4 is 10.1 Å². The lowest BCUT2D eigenvalue weighted by Crippen LogP contribution is -2.48. The first-order valence-corrected chi connectivity index (χ1v) is 11.9. The van der Waals surface area contributed by atoms with Gasteiger partial charge in [-0.1, -0.05) is 0 Å². The van der Waals surface area contributed by atoms with Crippen LogP contribution in [0.4, 0.5) is 32.3 Å². The topological polar surface area (TPSA) is 81.7 Å². The second-order valence-corrected chi connectivity index (χ2v) is 9.55. The lowest BCUT2D eigenvalue weighted by atomic mass is 10.1. The van der Waals surface area contributed by atoms with E-state index in [1.165, 1.54) is 13.0 Å². The Bertz CT molecular complexity index is 1670. The number of halogens is 6. The fourth-order valence-electron chi connectivity index (χ4n) is 5.07. The summed E-state index contributed by atoms with van der Waals surface area (Å²) in [5.41, 5.74) is -1.19. The van der Waals surface area contributed by atoms with Crippen LogP contribution in [0.15, 0.2) is 18.3 Å². The van der Waals surface area contributed by atoms with Crippen LogP contribution in [0.3, 0.4) is 0 Å². The summed E-state index contributed by atoms with van der Waals surface area (Å²) < 4.78 is 121. The van der Waals surface area contributed by atoms with Crippen molar-refractivity contribution in [3.05, 3.63) is 35.8 Å². The van der Waals surface area contributed by atoms with Gasteiger partial charge in [-0.3, -0.25) is 4.90 Å². The van der Waals surface area contributed by atoms with E-state index >= 15 is 8.78 Å². The quantitative estimate of drug-likeness (QED) is 0.346. The molecule has 1 N–H and O–H groups in total. The Morgan fingerprint density at radius 3 is 2.72 bits per heavy atom. The molecule has 0 bridgehead atoms. The third-order valence-electron chi connectivity index (χ3n) is 7.04. The summed E-state index contributed by atoms with van der Waals surface area (Å²) >= 11 is 0. The van der Waals surface area contributed by atoms with Gasteiger partial charge in [-0.05, 0) is 24.6 Å². The Hall–Kier alpha value is -3.59. The molecule has 3 aromatic heterocycles. The van der Waals surface area contributed by atoms with Crippen molar-refractivity contribution in [3.63, 3.8) is 0 Å². The van der Waals surface area contributed by atoms with Crippen LogP contribution in [0.5, 0.6) is 5.88 Å². The molecule has 1 aromatic carbocycles. The molecule has 0 radical (unpaired) electrons. The van der Waals surface area contributed by atoms with E-state index in [-0.39, 0.29) is 40.5 Å². The number of methoxy groups -OCH3 is 1. The molecular formula is C24H23F6N7O2. The second-order valence-electron chi connectivity index (χ2n) is 9.55. The van der Waals surface area contributed by atoms with Gasteiger partial charge in [0.05, 0.1) is 60.8 Å². The van der Waals surface area contributed by atoms with Crippen molar-refractivity contribution >= 4 is 22.5 Å². The van der Waals surface area contributed by atoms with Crippen molar-refractivity contribution in [3.8, 4) is 17.0 Å². The highest BCUT2D eigenvalue weighted by Gasteiger charge is 2.51. The predicted molar refractivity (Wildman–Crippen MR) is 127 cm³/mol. The normalized spacial score (nSPS) is 21.3. The molecule has 2 aliphatic heterocycles. The van der Waals surface area contributed by atoms with E-state index in [1.54, 1.807) is 4.90 Å². The zero-order valence-electron chi connectivity index (χ0n) is 23.3. The highest BCUT2D eigenvalue weighted by Crippen LogP contribution is 2.37. The van der Waals surface area contributed by atoms with Crippen LogP contribution in [0.25, 0.3) is 27.7 Å². The zero-order valence-corrected chi connectivity index (χ0v) is 20.3. The van der Waals surface area contributed by atoms with Gasteiger partial charge < -0.3 is 19.4 Å². The van der Waals surface area contributed by atoms with Crippen molar-refractivity contribution in [1.82, 2.24) is 29.0 Å². The summed E-state index contributed by atoms with van der Waals surface area (Å²) in [6, 6.07) is 0.497. The molecule has 9 nitrogen and oxygen atoms in total. The molecule has 15 heteroatoms. The fraction of sp³-hybridized carbons (Fsp3) is 0.458. The second kappa shape index (κ2) is 9.26. The Kier molecular flexibility index (Phi) is 5.28. The summed E-state index contributed by atoms with van der Waals surface area (Å²) in [5, 5.41) is 6.56. The number of anilines is 1. The number of hydrogen-bond acceptors (Lipinski definition) is 7. The number of rotatable bonds is 7. The maximum absolute atomic E-state index is 15.5. The number of likely N-dealkylation sites (tertiary alicyclic amines) is 1. The fourth-order valence-corrected chi connectivity index (χ4v) is 5.07. The van der Waals surface area contributed by atoms with Crippen LogP contribution >= 0.6 is 0 Å².